The predicted molar refractivity (Wildman–Crippen MR) is 92.0 cm³/mol. The fourth-order valence-corrected chi connectivity index (χ4v) is 2.70. The van der Waals surface area contributed by atoms with Crippen molar-refractivity contribution in [1.29, 1.82) is 0 Å². The number of alkyl halides is 3. The average molecular weight is 383 g/mol. The number of halogens is 4. The Kier molecular flexibility index (Phi) is 4.62. The van der Waals surface area contributed by atoms with E-state index in [0.29, 0.717) is 32.7 Å². The Labute approximate surface area is 152 Å². The highest BCUT2D eigenvalue weighted by Crippen LogP contribution is 2.28. The zero-order valence-corrected chi connectivity index (χ0v) is 14.6. The largest absolute Gasteiger partial charge is 0.408 e. The average Bonchev–Trinajstić information content (AvgIpc) is 2.99. The third-order valence-electron chi connectivity index (χ3n) is 3.68. The van der Waals surface area contributed by atoms with E-state index in [9.17, 15) is 18.0 Å². The van der Waals surface area contributed by atoms with Crippen molar-refractivity contribution in [1.82, 2.24) is 19.7 Å². The Balaban J connectivity index is 2.13. The zero-order valence-electron chi connectivity index (χ0n) is 13.9. The number of carbonyl (C=O) groups is 1. The van der Waals surface area contributed by atoms with Gasteiger partial charge >= 0.3 is 6.18 Å². The minimum atomic E-state index is -4.38. The van der Waals surface area contributed by atoms with Gasteiger partial charge in [-0.2, -0.15) is 18.3 Å². The van der Waals surface area contributed by atoms with Crippen LogP contribution in [0.25, 0.3) is 22.2 Å². The summed E-state index contributed by atoms with van der Waals surface area (Å²) in [5.74, 6) is -0.247. The van der Waals surface area contributed by atoms with Crippen LogP contribution in [-0.4, -0.2) is 45.8 Å². The van der Waals surface area contributed by atoms with Gasteiger partial charge in [0.15, 0.2) is 0 Å². The summed E-state index contributed by atoms with van der Waals surface area (Å²) in [7, 11) is 3.23. The van der Waals surface area contributed by atoms with Gasteiger partial charge in [0.2, 0.25) is 0 Å². The smallest absolute Gasteiger partial charge is 0.345 e. The van der Waals surface area contributed by atoms with Crippen LogP contribution in [0.1, 0.15) is 10.4 Å². The molecule has 3 aromatic rings. The SMILES string of the molecule is CN(C)C(=O)c1cc(-c2cnn(CC(F)(F)F)c2)nc2cc(Cl)ccc12. The predicted octanol–water partition coefficient (Wildman–Crippen LogP) is 4.02. The van der Waals surface area contributed by atoms with Crippen LogP contribution in [0.3, 0.4) is 0 Å². The Morgan fingerprint density at radius 3 is 2.65 bits per heavy atom. The van der Waals surface area contributed by atoms with Gasteiger partial charge in [-0.15, -0.1) is 0 Å². The Hall–Kier alpha value is -2.61. The Bertz CT molecular complexity index is 982. The minimum Gasteiger partial charge on any atom is -0.345 e. The third-order valence-corrected chi connectivity index (χ3v) is 3.91. The van der Waals surface area contributed by atoms with Gasteiger partial charge < -0.3 is 4.90 Å². The first-order chi connectivity index (χ1) is 12.1. The van der Waals surface area contributed by atoms with E-state index in [4.69, 9.17) is 11.6 Å². The molecule has 3 rings (SSSR count). The Morgan fingerprint density at radius 1 is 1.27 bits per heavy atom. The topological polar surface area (TPSA) is 51.0 Å². The fourth-order valence-electron chi connectivity index (χ4n) is 2.53. The number of hydrogen-bond donors (Lipinski definition) is 0. The van der Waals surface area contributed by atoms with Crippen LogP contribution >= 0.6 is 11.6 Å². The van der Waals surface area contributed by atoms with Gasteiger partial charge in [0.05, 0.1) is 23.0 Å². The lowest BCUT2D eigenvalue weighted by Crippen LogP contribution is -2.22. The highest BCUT2D eigenvalue weighted by atomic mass is 35.5. The van der Waals surface area contributed by atoms with Crippen LogP contribution in [-0.2, 0) is 6.54 Å². The van der Waals surface area contributed by atoms with Crippen LogP contribution in [0.2, 0.25) is 5.02 Å². The van der Waals surface area contributed by atoms with Crippen LogP contribution in [0.5, 0.6) is 0 Å². The molecule has 26 heavy (non-hydrogen) atoms. The van der Waals surface area contributed by atoms with Crippen molar-refractivity contribution in [3.05, 3.63) is 47.2 Å². The molecule has 2 heterocycles. The molecule has 136 valence electrons. The van der Waals surface area contributed by atoms with Gasteiger partial charge in [0, 0.05) is 36.3 Å². The molecule has 0 radical (unpaired) electrons. The van der Waals surface area contributed by atoms with E-state index in [2.05, 4.69) is 10.1 Å². The molecule has 0 bridgehead atoms. The molecule has 9 heteroatoms. The van der Waals surface area contributed by atoms with Crippen LogP contribution in [0.4, 0.5) is 13.2 Å². The molecule has 0 atom stereocenters. The van der Waals surface area contributed by atoms with Crippen molar-refractivity contribution >= 4 is 28.4 Å². The third kappa shape index (κ3) is 3.80. The molecule has 2 aromatic heterocycles. The fraction of sp³-hybridized carbons (Fsp3) is 0.235. The first-order valence-corrected chi connectivity index (χ1v) is 7.93. The monoisotopic (exact) mass is 382 g/mol. The van der Waals surface area contributed by atoms with Gasteiger partial charge in [-0.1, -0.05) is 17.7 Å². The number of pyridine rings is 1. The molecule has 0 N–H and O–H groups in total. The quantitative estimate of drug-likeness (QED) is 0.687. The van der Waals surface area contributed by atoms with Crippen molar-refractivity contribution in [2.24, 2.45) is 0 Å². The van der Waals surface area contributed by atoms with Crippen LogP contribution < -0.4 is 0 Å². The number of rotatable bonds is 3. The van der Waals surface area contributed by atoms with Crippen molar-refractivity contribution in [3.8, 4) is 11.3 Å². The van der Waals surface area contributed by atoms with E-state index in [1.807, 2.05) is 0 Å². The summed E-state index contributed by atoms with van der Waals surface area (Å²) < 4.78 is 38.4. The molecule has 0 saturated heterocycles. The summed E-state index contributed by atoms with van der Waals surface area (Å²) in [4.78, 5) is 18.4. The molecule has 0 saturated carbocycles. The molecule has 5 nitrogen and oxygen atoms in total. The maximum atomic E-state index is 12.5. The number of hydrogen-bond acceptors (Lipinski definition) is 3. The number of fused-ring (bicyclic) bond motifs is 1. The van der Waals surface area contributed by atoms with Crippen molar-refractivity contribution in [3.63, 3.8) is 0 Å². The second-order valence-corrected chi connectivity index (χ2v) is 6.39. The van der Waals surface area contributed by atoms with E-state index in [-0.39, 0.29) is 5.91 Å². The van der Waals surface area contributed by atoms with E-state index < -0.39 is 12.7 Å². The Morgan fingerprint density at radius 2 is 2.00 bits per heavy atom. The summed E-state index contributed by atoms with van der Waals surface area (Å²) in [6, 6.07) is 6.50. The lowest BCUT2D eigenvalue weighted by atomic mass is 10.0. The number of benzene rings is 1. The number of nitrogens with zero attached hydrogens (tertiary/aromatic N) is 4. The summed E-state index contributed by atoms with van der Waals surface area (Å²) in [5, 5.41) is 4.77. The zero-order chi connectivity index (χ0) is 19.1. The van der Waals surface area contributed by atoms with Crippen molar-refractivity contribution < 1.29 is 18.0 Å². The summed E-state index contributed by atoms with van der Waals surface area (Å²) >= 11 is 6.01. The molecule has 0 aliphatic rings. The molecule has 1 aromatic carbocycles. The molecule has 0 spiro atoms. The van der Waals surface area contributed by atoms with Gasteiger partial charge in [-0.3, -0.25) is 9.48 Å². The van der Waals surface area contributed by atoms with Gasteiger partial charge in [-0.25, -0.2) is 4.98 Å². The maximum absolute atomic E-state index is 12.5. The van der Waals surface area contributed by atoms with E-state index in [1.54, 1.807) is 38.4 Å². The number of aromatic nitrogens is 3. The van der Waals surface area contributed by atoms with Crippen molar-refractivity contribution in [2.75, 3.05) is 14.1 Å². The lowest BCUT2D eigenvalue weighted by Gasteiger charge is -2.13. The van der Waals surface area contributed by atoms with Crippen LogP contribution in [0.15, 0.2) is 36.7 Å². The first kappa shape index (κ1) is 18.2. The molecular formula is C17H14ClF3N4O. The van der Waals surface area contributed by atoms with Crippen LogP contribution in [0, 0.1) is 0 Å². The van der Waals surface area contributed by atoms with E-state index in [1.165, 1.54) is 17.3 Å². The van der Waals surface area contributed by atoms with E-state index in [0.717, 1.165) is 4.68 Å². The second-order valence-electron chi connectivity index (χ2n) is 5.96. The molecule has 0 fully saturated rings. The molecular weight excluding hydrogens is 369 g/mol. The number of carbonyl (C=O) groups excluding carboxylic acids is 1. The molecule has 0 aliphatic carbocycles. The second kappa shape index (κ2) is 6.60. The normalized spacial score (nSPS) is 11.8. The molecule has 0 unspecified atom stereocenters. The first-order valence-electron chi connectivity index (χ1n) is 7.55. The summed E-state index contributed by atoms with van der Waals surface area (Å²) in [6.07, 6.45) is -1.84. The van der Waals surface area contributed by atoms with Gasteiger partial charge in [0.25, 0.3) is 5.91 Å². The standard InChI is InChI=1S/C17H14ClF3N4O/c1-24(2)16(26)13-6-14(23-15-5-11(18)3-4-12(13)15)10-7-22-25(8-10)9-17(19,20)21/h3-8H,9H2,1-2H3. The maximum Gasteiger partial charge on any atom is 0.408 e. The molecule has 0 aliphatic heterocycles. The van der Waals surface area contributed by atoms with Gasteiger partial charge in [0.1, 0.15) is 6.54 Å². The highest BCUT2D eigenvalue weighted by Gasteiger charge is 2.28. The molecule has 1 amide bonds. The summed E-state index contributed by atoms with van der Waals surface area (Å²) in [5.41, 5.74) is 1.58. The summed E-state index contributed by atoms with van der Waals surface area (Å²) in [6.45, 7) is -1.20. The lowest BCUT2D eigenvalue weighted by molar-refractivity contribution is -0.142. The van der Waals surface area contributed by atoms with E-state index >= 15 is 0 Å². The van der Waals surface area contributed by atoms with Gasteiger partial charge in [-0.05, 0) is 18.2 Å². The van der Waals surface area contributed by atoms with Crippen molar-refractivity contribution in [2.45, 2.75) is 12.7 Å². The highest BCUT2D eigenvalue weighted by molar-refractivity contribution is 6.31. The minimum absolute atomic E-state index is 0.247. The number of amides is 1.